The molecule has 2 aliphatic heterocycles. The van der Waals surface area contributed by atoms with Crippen molar-refractivity contribution in [3.63, 3.8) is 0 Å². The molecule has 0 saturated carbocycles. The summed E-state index contributed by atoms with van der Waals surface area (Å²) in [5.74, 6) is 1.12. The Labute approximate surface area is 123 Å². The number of azide groups is 1. The van der Waals surface area contributed by atoms with Crippen LogP contribution in [0, 0.1) is 0 Å². The summed E-state index contributed by atoms with van der Waals surface area (Å²) in [4.78, 5) is 6.28. The average Bonchev–Trinajstić information content (AvgIpc) is 2.87. The Morgan fingerprint density at radius 3 is 1.43 bits per heavy atom. The van der Waals surface area contributed by atoms with Gasteiger partial charge in [-0.05, 0) is 0 Å². The van der Waals surface area contributed by atoms with E-state index in [1.165, 1.54) is 0 Å². The van der Waals surface area contributed by atoms with Gasteiger partial charge in [0.15, 0.2) is 0 Å². The number of halogens is 1. The van der Waals surface area contributed by atoms with Crippen LogP contribution in [-0.2, 0) is 0 Å². The summed E-state index contributed by atoms with van der Waals surface area (Å²) in [6, 6.07) is 13.4. The van der Waals surface area contributed by atoms with Crippen LogP contribution in [0.15, 0.2) is 53.4 Å². The standard InChI is InChI=1S/C12H8ClN3O4P/c13-21(16-15-14,17-9-5-1-2-6-10(9)18-21)19-11-7-3-4-8-12(11)20-21/h1-8H/q-1. The molecule has 108 valence electrons. The Morgan fingerprint density at radius 2 is 1.14 bits per heavy atom. The summed E-state index contributed by atoms with van der Waals surface area (Å²) in [5.41, 5.74) is 8.96. The predicted molar refractivity (Wildman–Crippen MR) is 77.3 cm³/mol. The first-order valence-electron chi connectivity index (χ1n) is 5.97. The van der Waals surface area contributed by atoms with Crippen LogP contribution in [-0.4, -0.2) is 0 Å². The number of hydrogen-bond acceptors (Lipinski definition) is 5. The molecule has 0 fully saturated rings. The SMILES string of the molecule is [N-]=[N+]=N[P-]12(Cl)(Oc3ccccc3O1)Oc1ccccc1O2. The summed E-state index contributed by atoms with van der Waals surface area (Å²) in [6.45, 7) is 0. The fraction of sp³-hybridized carbons (Fsp3) is 0. The molecular weight excluding hydrogens is 317 g/mol. The zero-order valence-corrected chi connectivity index (χ0v) is 12.1. The van der Waals surface area contributed by atoms with E-state index in [1.807, 2.05) is 0 Å². The van der Waals surface area contributed by atoms with Gasteiger partial charge < -0.3 is 0 Å². The van der Waals surface area contributed by atoms with Crippen LogP contribution in [0.5, 0.6) is 23.0 Å². The van der Waals surface area contributed by atoms with Gasteiger partial charge in [-0.3, -0.25) is 0 Å². The van der Waals surface area contributed by atoms with E-state index in [4.69, 9.17) is 34.9 Å². The minimum atomic E-state index is -5.65. The van der Waals surface area contributed by atoms with Crippen LogP contribution < -0.4 is 18.1 Å². The van der Waals surface area contributed by atoms with Crippen molar-refractivity contribution < 1.29 is 18.1 Å². The van der Waals surface area contributed by atoms with Crippen molar-refractivity contribution in [3.05, 3.63) is 59.0 Å². The zero-order valence-electron chi connectivity index (χ0n) is 10.4. The molecule has 2 aromatic carbocycles. The molecule has 0 aliphatic carbocycles. The van der Waals surface area contributed by atoms with Gasteiger partial charge in [-0.15, -0.1) is 0 Å². The molecular formula is C12H8ClN3O4P-. The predicted octanol–water partition coefficient (Wildman–Crippen LogP) is 5.06. The Kier molecular flexibility index (Phi) is 1.94. The second-order valence-corrected chi connectivity index (χ2v) is 9.83. The molecule has 0 bridgehead atoms. The molecule has 1 spiro atoms. The average molecular weight is 325 g/mol. The number of para-hydroxylation sites is 4. The number of benzene rings is 2. The monoisotopic (exact) mass is 324 g/mol. The van der Waals surface area contributed by atoms with Gasteiger partial charge in [0, 0.05) is 0 Å². The van der Waals surface area contributed by atoms with Crippen molar-refractivity contribution in [2.75, 3.05) is 0 Å². The first kappa shape index (κ1) is 12.4. The third-order valence-corrected chi connectivity index (χ3v) is 6.81. The summed E-state index contributed by atoms with van der Waals surface area (Å²) in [5, 5.41) is 0. The fourth-order valence-corrected chi connectivity index (χ4v) is 6.00. The molecule has 0 saturated heterocycles. The van der Waals surface area contributed by atoms with Gasteiger partial charge in [-0.1, -0.05) is 0 Å². The van der Waals surface area contributed by atoms with Gasteiger partial charge in [-0.25, -0.2) is 0 Å². The third-order valence-electron chi connectivity index (χ3n) is 3.06. The molecule has 21 heavy (non-hydrogen) atoms. The van der Waals surface area contributed by atoms with E-state index in [-0.39, 0.29) is 23.0 Å². The van der Waals surface area contributed by atoms with Crippen LogP contribution in [0.2, 0.25) is 0 Å². The summed E-state index contributed by atoms with van der Waals surface area (Å²) >= 11 is 6.58. The summed E-state index contributed by atoms with van der Waals surface area (Å²) < 4.78 is 22.7. The van der Waals surface area contributed by atoms with Crippen LogP contribution in [0.25, 0.3) is 10.4 Å². The van der Waals surface area contributed by atoms with E-state index in [9.17, 15) is 0 Å². The number of fused-ring (bicyclic) bond motifs is 2. The van der Waals surface area contributed by atoms with Crippen LogP contribution >= 0.6 is 17.6 Å². The van der Waals surface area contributed by atoms with Gasteiger partial charge in [0.05, 0.1) is 0 Å². The van der Waals surface area contributed by atoms with Crippen molar-refractivity contribution in [2.24, 2.45) is 4.88 Å². The van der Waals surface area contributed by atoms with Crippen molar-refractivity contribution in [3.8, 4) is 23.0 Å². The fourth-order valence-electron chi connectivity index (χ4n) is 2.27. The van der Waals surface area contributed by atoms with E-state index >= 15 is 0 Å². The van der Waals surface area contributed by atoms with Crippen molar-refractivity contribution in [1.82, 2.24) is 0 Å². The molecule has 2 aromatic rings. The minimum absolute atomic E-state index is 0.281. The third kappa shape index (κ3) is 1.51. The molecule has 2 aliphatic rings. The van der Waals surface area contributed by atoms with E-state index < -0.39 is 6.36 Å². The van der Waals surface area contributed by atoms with Crippen LogP contribution in [0.4, 0.5) is 0 Å². The Hall–Kier alpha value is -2.33. The maximum absolute atomic E-state index is 8.96. The topological polar surface area (TPSA) is 85.7 Å². The summed E-state index contributed by atoms with van der Waals surface area (Å²) in [7, 11) is 0. The van der Waals surface area contributed by atoms with Gasteiger partial charge in [0.1, 0.15) is 0 Å². The molecule has 4 rings (SSSR count). The second-order valence-electron chi connectivity index (χ2n) is 4.56. The number of nitrogens with zero attached hydrogens (tertiary/aromatic N) is 3. The van der Waals surface area contributed by atoms with E-state index in [0.717, 1.165) is 0 Å². The molecule has 0 amide bonds. The Balaban J connectivity index is 1.97. The molecule has 0 aromatic heterocycles. The quantitative estimate of drug-likeness (QED) is 0.317. The second kappa shape index (κ2) is 3.28. The van der Waals surface area contributed by atoms with Gasteiger partial charge in [-0.2, -0.15) is 0 Å². The van der Waals surface area contributed by atoms with E-state index in [1.54, 1.807) is 48.5 Å². The van der Waals surface area contributed by atoms with Crippen LogP contribution in [0.1, 0.15) is 0 Å². The molecule has 2 heterocycles. The van der Waals surface area contributed by atoms with Gasteiger partial charge >= 0.3 is 123 Å². The van der Waals surface area contributed by atoms with Gasteiger partial charge in [0.25, 0.3) is 0 Å². The van der Waals surface area contributed by atoms with Crippen molar-refractivity contribution in [2.45, 2.75) is 0 Å². The maximum atomic E-state index is 8.96. The Bertz CT molecular complexity index is 735. The molecule has 0 N–H and O–H groups in total. The first-order chi connectivity index (χ1) is 9.99. The number of rotatable bonds is 1. The van der Waals surface area contributed by atoms with Crippen LogP contribution in [0.3, 0.4) is 0 Å². The first-order valence-corrected chi connectivity index (χ1v) is 9.18. The van der Waals surface area contributed by atoms with Gasteiger partial charge in [0.2, 0.25) is 0 Å². The van der Waals surface area contributed by atoms with Crippen molar-refractivity contribution in [1.29, 1.82) is 0 Å². The molecule has 0 atom stereocenters. The van der Waals surface area contributed by atoms with E-state index in [0.29, 0.717) is 0 Å². The molecule has 0 unspecified atom stereocenters. The van der Waals surface area contributed by atoms with E-state index in [2.05, 4.69) is 9.80 Å². The normalized spacial score (nSPS) is 24.0. The van der Waals surface area contributed by atoms with Crippen molar-refractivity contribution >= 4 is 17.6 Å². The molecule has 7 nitrogen and oxygen atoms in total. The Morgan fingerprint density at radius 1 is 0.810 bits per heavy atom. The molecule has 9 heteroatoms. The summed E-state index contributed by atoms with van der Waals surface area (Å²) in [6.07, 6.45) is -5.65. The molecule has 0 radical (unpaired) electrons. The zero-order chi connectivity index (χ0) is 14.6. The number of hydrogen-bond donors (Lipinski definition) is 0.